The molecule has 1 aromatic heterocycles. The van der Waals surface area contributed by atoms with E-state index in [4.69, 9.17) is 4.74 Å². The average Bonchev–Trinajstić information content (AvgIpc) is 3.56. The lowest BCUT2D eigenvalue weighted by Gasteiger charge is -2.22. The normalized spacial score (nSPS) is 20.8. The molecule has 4 rings (SSSR count). The molecule has 0 spiro atoms. The van der Waals surface area contributed by atoms with E-state index in [1.165, 1.54) is 12.8 Å². The van der Waals surface area contributed by atoms with Gasteiger partial charge < -0.3 is 15.4 Å². The number of amides is 4. The maximum absolute atomic E-state index is 12.9. The Bertz CT molecular complexity index is 961. The number of carbonyl (C=O) groups excluding carboxylic acids is 3. The molecule has 30 heavy (non-hydrogen) atoms. The summed E-state index contributed by atoms with van der Waals surface area (Å²) in [7, 11) is 0. The Hall–Kier alpha value is -3.42. The van der Waals surface area contributed by atoms with Crippen molar-refractivity contribution in [2.24, 2.45) is 5.92 Å². The van der Waals surface area contributed by atoms with Gasteiger partial charge >= 0.3 is 6.03 Å². The van der Waals surface area contributed by atoms with E-state index in [0.29, 0.717) is 24.0 Å². The van der Waals surface area contributed by atoms with E-state index in [0.717, 1.165) is 10.5 Å². The van der Waals surface area contributed by atoms with Gasteiger partial charge in [0.05, 0.1) is 6.61 Å². The van der Waals surface area contributed by atoms with Crippen LogP contribution in [0.3, 0.4) is 0 Å². The Morgan fingerprint density at radius 2 is 2.03 bits per heavy atom. The highest BCUT2D eigenvalue weighted by atomic mass is 16.5. The quantitative estimate of drug-likeness (QED) is 0.651. The van der Waals surface area contributed by atoms with Crippen molar-refractivity contribution in [3.63, 3.8) is 0 Å². The number of nitrogens with one attached hydrogen (secondary N) is 2. The number of nitrogens with zero attached hydrogens (tertiary/aromatic N) is 2. The third-order valence-electron chi connectivity index (χ3n) is 5.38. The summed E-state index contributed by atoms with van der Waals surface area (Å²) in [5.74, 6) is 0.281. The van der Waals surface area contributed by atoms with Crippen LogP contribution in [0.4, 0.5) is 4.79 Å². The van der Waals surface area contributed by atoms with E-state index >= 15 is 0 Å². The second-order valence-electron chi connectivity index (χ2n) is 7.85. The van der Waals surface area contributed by atoms with Crippen molar-refractivity contribution in [1.29, 1.82) is 0 Å². The summed E-state index contributed by atoms with van der Waals surface area (Å²) in [5.41, 5.74) is 0.314. The first kappa shape index (κ1) is 19.9. The van der Waals surface area contributed by atoms with Crippen LogP contribution in [-0.2, 0) is 21.7 Å². The van der Waals surface area contributed by atoms with E-state index in [9.17, 15) is 14.4 Å². The number of urea groups is 1. The van der Waals surface area contributed by atoms with Crippen LogP contribution in [0.5, 0.6) is 5.88 Å². The topological polar surface area (TPSA) is 101 Å². The predicted molar refractivity (Wildman–Crippen MR) is 108 cm³/mol. The molecule has 0 bridgehead atoms. The molecule has 1 saturated carbocycles. The molecular formula is C22H24N4O4. The molecule has 1 saturated heterocycles. The minimum absolute atomic E-state index is 0.251. The molecule has 1 unspecified atom stereocenters. The summed E-state index contributed by atoms with van der Waals surface area (Å²) in [6.07, 6.45) is 4.02. The van der Waals surface area contributed by atoms with Crippen LogP contribution in [0.2, 0.25) is 0 Å². The largest absolute Gasteiger partial charge is 0.477 e. The van der Waals surface area contributed by atoms with Crippen LogP contribution in [0, 0.1) is 5.92 Å². The molecule has 4 amide bonds. The number of imide groups is 1. The summed E-state index contributed by atoms with van der Waals surface area (Å²) in [6.45, 7) is 2.21. The number of benzene rings is 1. The fraction of sp³-hybridized carbons (Fsp3) is 0.364. The number of rotatable bonds is 8. The van der Waals surface area contributed by atoms with Gasteiger partial charge in [-0.3, -0.25) is 14.5 Å². The van der Waals surface area contributed by atoms with Crippen LogP contribution < -0.4 is 15.4 Å². The number of aromatic nitrogens is 1. The van der Waals surface area contributed by atoms with Crippen LogP contribution in [-0.4, -0.2) is 40.9 Å². The zero-order valence-electron chi connectivity index (χ0n) is 16.8. The first-order valence-electron chi connectivity index (χ1n) is 10.00. The van der Waals surface area contributed by atoms with Gasteiger partial charge in [-0.15, -0.1) is 0 Å². The van der Waals surface area contributed by atoms with Gasteiger partial charge in [-0.25, -0.2) is 9.78 Å². The summed E-state index contributed by atoms with van der Waals surface area (Å²) >= 11 is 0. The second kappa shape index (κ2) is 8.14. The maximum Gasteiger partial charge on any atom is 0.325 e. The molecular weight excluding hydrogens is 384 g/mol. The van der Waals surface area contributed by atoms with Crippen molar-refractivity contribution < 1.29 is 19.1 Å². The zero-order chi connectivity index (χ0) is 21.1. The van der Waals surface area contributed by atoms with Crippen LogP contribution >= 0.6 is 0 Å². The molecule has 2 fully saturated rings. The molecule has 0 radical (unpaired) electrons. The second-order valence-corrected chi connectivity index (χ2v) is 7.85. The molecule has 8 nitrogen and oxygen atoms in total. The van der Waals surface area contributed by atoms with E-state index in [2.05, 4.69) is 15.6 Å². The molecule has 2 N–H and O–H groups in total. The molecule has 156 valence electrons. The Kier molecular flexibility index (Phi) is 5.39. The Morgan fingerprint density at radius 3 is 2.77 bits per heavy atom. The summed E-state index contributed by atoms with van der Waals surface area (Å²) in [4.78, 5) is 42.7. The van der Waals surface area contributed by atoms with Crippen LogP contribution in [0.25, 0.3) is 0 Å². The fourth-order valence-electron chi connectivity index (χ4n) is 3.33. The van der Waals surface area contributed by atoms with E-state index in [1.54, 1.807) is 49.5 Å². The van der Waals surface area contributed by atoms with Gasteiger partial charge in [0, 0.05) is 18.8 Å². The smallest absolute Gasteiger partial charge is 0.325 e. The molecule has 2 aliphatic rings. The van der Waals surface area contributed by atoms with Gasteiger partial charge in [0.1, 0.15) is 12.1 Å². The zero-order valence-corrected chi connectivity index (χ0v) is 16.8. The van der Waals surface area contributed by atoms with Gasteiger partial charge in [0.15, 0.2) is 0 Å². The molecule has 1 atom stereocenters. The highest BCUT2D eigenvalue weighted by Gasteiger charge is 2.49. The van der Waals surface area contributed by atoms with Gasteiger partial charge in [-0.1, -0.05) is 30.3 Å². The Morgan fingerprint density at radius 1 is 1.27 bits per heavy atom. The lowest BCUT2D eigenvalue weighted by molar-refractivity contribution is -0.134. The fourth-order valence-corrected chi connectivity index (χ4v) is 3.33. The lowest BCUT2D eigenvalue weighted by atomic mass is 9.92. The van der Waals surface area contributed by atoms with Crippen molar-refractivity contribution in [3.8, 4) is 5.88 Å². The number of ether oxygens (including phenoxy) is 1. The van der Waals surface area contributed by atoms with Gasteiger partial charge in [0.25, 0.3) is 5.91 Å². The van der Waals surface area contributed by atoms with Gasteiger partial charge in [0.2, 0.25) is 11.8 Å². The van der Waals surface area contributed by atoms with Crippen molar-refractivity contribution in [2.75, 3.05) is 13.2 Å². The summed E-state index contributed by atoms with van der Waals surface area (Å²) < 4.78 is 5.65. The first-order chi connectivity index (χ1) is 14.5. The summed E-state index contributed by atoms with van der Waals surface area (Å²) in [5, 5.41) is 5.44. The SMILES string of the molecule is CC1(c2ccccc2)NC(=O)N(CC(=O)NCc2ccnc(OCC3CC3)c2)C1=O. The number of hydrogen-bond donors (Lipinski definition) is 2. The monoisotopic (exact) mass is 408 g/mol. The predicted octanol–water partition coefficient (Wildman–Crippen LogP) is 1.95. The molecule has 2 aromatic rings. The number of pyridine rings is 1. The number of hydrogen-bond acceptors (Lipinski definition) is 5. The average molecular weight is 408 g/mol. The third-order valence-corrected chi connectivity index (χ3v) is 5.38. The van der Waals surface area contributed by atoms with Crippen molar-refractivity contribution in [2.45, 2.75) is 31.8 Å². The highest BCUT2D eigenvalue weighted by molar-refractivity contribution is 6.09. The van der Waals surface area contributed by atoms with Crippen molar-refractivity contribution in [3.05, 3.63) is 59.8 Å². The summed E-state index contributed by atoms with van der Waals surface area (Å²) in [6, 6.07) is 12.0. The molecule has 8 heteroatoms. The molecule has 1 aliphatic carbocycles. The molecule has 2 heterocycles. The Balaban J connectivity index is 1.33. The first-order valence-corrected chi connectivity index (χ1v) is 10.00. The van der Waals surface area contributed by atoms with Crippen molar-refractivity contribution in [1.82, 2.24) is 20.5 Å². The Labute approximate surface area is 174 Å². The standard InChI is InChI=1S/C22H24N4O4/c1-22(17-5-3-2-4-6-17)20(28)26(21(29)25-22)13-18(27)24-12-16-9-10-23-19(11-16)30-14-15-7-8-15/h2-6,9-11,15H,7-8,12-14H2,1H3,(H,24,27)(H,25,29). The van der Waals surface area contributed by atoms with E-state index in [1.807, 2.05) is 6.07 Å². The molecule has 1 aromatic carbocycles. The minimum atomic E-state index is -1.18. The maximum atomic E-state index is 12.9. The third kappa shape index (κ3) is 4.27. The van der Waals surface area contributed by atoms with E-state index < -0.39 is 23.4 Å². The minimum Gasteiger partial charge on any atom is -0.477 e. The molecule has 1 aliphatic heterocycles. The van der Waals surface area contributed by atoms with Crippen LogP contribution in [0.15, 0.2) is 48.7 Å². The highest BCUT2D eigenvalue weighted by Crippen LogP contribution is 2.29. The van der Waals surface area contributed by atoms with Gasteiger partial charge in [-0.05, 0) is 42.9 Å². The lowest BCUT2D eigenvalue weighted by Crippen LogP contribution is -2.43. The van der Waals surface area contributed by atoms with Gasteiger partial charge in [-0.2, -0.15) is 0 Å². The van der Waals surface area contributed by atoms with Crippen LogP contribution in [0.1, 0.15) is 30.9 Å². The van der Waals surface area contributed by atoms with Crippen molar-refractivity contribution >= 4 is 17.8 Å². The number of carbonyl (C=O) groups is 3. The van der Waals surface area contributed by atoms with E-state index in [-0.39, 0.29) is 13.1 Å².